The second-order valence-electron chi connectivity index (χ2n) is 3.89. The number of anilines is 1. The van der Waals surface area contributed by atoms with Crippen LogP contribution in [-0.2, 0) is 0 Å². The summed E-state index contributed by atoms with van der Waals surface area (Å²) in [4.78, 5) is 3.68. The van der Waals surface area contributed by atoms with Crippen LogP contribution in [0.3, 0.4) is 0 Å². The Morgan fingerprint density at radius 3 is 3.00 bits per heavy atom. The van der Waals surface area contributed by atoms with Crippen molar-refractivity contribution in [2.45, 2.75) is 11.8 Å². The van der Waals surface area contributed by atoms with Crippen LogP contribution in [0, 0.1) is 6.92 Å². The normalized spacial score (nSPS) is 14.8. The molecule has 4 heteroatoms. The predicted molar refractivity (Wildman–Crippen MR) is 69.7 cm³/mol. The molecule has 0 aliphatic carbocycles. The molecule has 2 N–H and O–H groups in total. The number of hydrogen-bond acceptors (Lipinski definition) is 4. The van der Waals surface area contributed by atoms with Gasteiger partial charge in [-0.05, 0) is 18.6 Å². The summed E-state index contributed by atoms with van der Waals surface area (Å²) < 4.78 is 5.45. The highest BCUT2D eigenvalue weighted by atomic mass is 32.2. The molecule has 1 aromatic carbocycles. The first-order valence-corrected chi connectivity index (χ1v) is 6.52. The quantitative estimate of drug-likeness (QED) is 0.872. The van der Waals surface area contributed by atoms with E-state index < -0.39 is 0 Å². The zero-order chi connectivity index (χ0) is 11.5. The fourth-order valence-electron chi connectivity index (χ4n) is 2.05. The van der Waals surface area contributed by atoms with Crippen molar-refractivity contribution in [1.29, 1.82) is 0 Å². The van der Waals surface area contributed by atoms with E-state index in [2.05, 4.69) is 17.9 Å². The van der Waals surface area contributed by atoms with Gasteiger partial charge in [0, 0.05) is 30.3 Å². The SMILES string of the molecule is COc1ccc(C)c2c1N(CCN)CCS2. The molecule has 1 aromatic rings. The molecule has 0 bridgehead atoms. The minimum absolute atomic E-state index is 0.682. The first-order valence-electron chi connectivity index (χ1n) is 5.53. The molecule has 2 rings (SSSR count). The van der Waals surface area contributed by atoms with Gasteiger partial charge in [-0.3, -0.25) is 0 Å². The number of methoxy groups -OCH3 is 1. The summed E-state index contributed by atoms with van der Waals surface area (Å²) >= 11 is 1.91. The number of ether oxygens (including phenoxy) is 1. The number of thioether (sulfide) groups is 1. The lowest BCUT2D eigenvalue weighted by molar-refractivity contribution is 0.413. The van der Waals surface area contributed by atoms with Gasteiger partial charge in [0.25, 0.3) is 0 Å². The molecule has 0 saturated heterocycles. The summed E-state index contributed by atoms with van der Waals surface area (Å²) in [6.07, 6.45) is 0. The molecule has 16 heavy (non-hydrogen) atoms. The van der Waals surface area contributed by atoms with Gasteiger partial charge in [0.2, 0.25) is 0 Å². The van der Waals surface area contributed by atoms with E-state index in [9.17, 15) is 0 Å². The van der Waals surface area contributed by atoms with Crippen LogP contribution in [0.25, 0.3) is 0 Å². The van der Waals surface area contributed by atoms with Crippen molar-refractivity contribution in [3.05, 3.63) is 17.7 Å². The predicted octanol–water partition coefficient (Wildman–Crippen LogP) is 1.87. The molecule has 0 spiro atoms. The topological polar surface area (TPSA) is 38.5 Å². The summed E-state index contributed by atoms with van der Waals surface area (Å²) in [5, 5.41) is 0. The van der Waals surface area contributed by atoms with Crippen molar-refractivity contribution in [2.24, 2.45) is 5.73 Å². The van der Waals surface area contributed by atoms with Gasteiger partial charge in [0.05, 0.1) is 12.8 Å². The Hall–Kier alpha value is -0.870. The average molecular weight is 238 g/mol. The van der Waals surface area contributed by atoms with E-state index in [1.807, 2.05) is 17.8 Å². The van der Waals surface area contributed by atoms with Gasteiger partial charge in [-0.2, -0.15) is 0 Å². The third-order valence-corrected chi connectivity index (χ3v) is 4.02. The maximum absolute atomic E-state index is 5.66. The van der Waals surface area contributed by atoms with E-state index >= 15 is 0 Å². The van der Waals surface area contributed by atoms with Gasteiger partial charge in [0.1, 0.15) is 5.75 Å². The van der Waals surface area contributed by atoms with Crippen LogP contribution in [-0.4, -0.2) is 32.5 Å². The van der Waals surface area contributed by atoms with Gasteiger partial charge in [0.15, 0.2) is 0 Å². The van der Waals surface area contributed by atoms with Crippen LogP contribution in [0.5, 0.6) is 5.75 Å². The number of fused-ring (bicyclic) bond motifs is 1. The highest BCUT2D eigenvalue weighted by Crippen LogP contribution is 2.43. The Labute approximate surface area is 101 Å². The molecule has 0 fully saturated rings. The van der Waals surface area contributed by atoms with Gasteiger partial charge >= 0.3 is 0 Å². The van der Waals surface area contributed by atoms with Crippen LogP contribution in [0.4, 0.5) is 5.69 Å². The number of benzene rings is 1. The minimum Gasteiger partial charge on any atom is -0.495 e. The highest BCUT2D eigenvalue weighted by molar-refractivity contribution is 7.99. The Bertz CT molecular complexity index is 382. The van der Waals surface area contributed by atoms with Gasteiger partial charge < -0.3 is 15.4 Å². The third-order valence-electron chi connectivity index (χ3n) is 2.83. The molecule has 0 unspecified atom stereocenters. The zero-order valence-electron chi connectivity index (χ0n) is 9.82. The van der Waals surface area contributed by atoms with Crippen molar-refractivity contribution in [3.8, 4) is 5.75 Å². The van der Waals surface area contributed by atoms with E-state index in [0.29, 0.717) is 6.54 Å². The lowest BCUT2D eigenvalue weighted by Crippen LogP contribution is -2.34. The lowest BCUT2D eigenvalue weighted by atomic mass is 10.1. The molecular formula is C12H18N2OS. The van der Waals surface area contributed by atoms with Gasteiger partial charge in [-0.15, -0.1) is 11.8 Å². The van der Waals surface area contributed by atoms with E-state index in [1.54, 1.807) is 7.11 Å². The monoisotopic (exact) mass is 238 g/mol. The van der Waals surface area contributed by atoms with E-state index in [0.717, 1.165) is 24.6 Å². The third kappa shape index (κ3) is 1.99. The molecule has 0 radical (unpaired) electrons. The van der Waals surface area contributed by atoms with E-state index in [-0.39, 0.29) is 0 Å². The summed E-state index contributed by atoms with van der Waals surface area (Å²) in [6.45, 7) is 4.78. The first kappa shape index (κ1) is 11.6. The van der Waals surface area contributed by atoms with Crippen molar-refractivity contribution in [3.63, 3.8) is 0 Å². The average Bonchev–Trinajstić information content (AvgIpc) is 2.31. The Morgan fingerprint density at radius 2 is 2.31 bits per heavy atom. The lowest BCUT2D eigenvalue weighted by Gasteiger charge is -2.32. The molecule has 0 amide bonds. The molecule has 3 nitrogen and oxygen atoms in total. The standard InChI is InChI=1S/C12H18N2OS/c1-9-3-4-10(15-2)11-12(9)16-8-7-14(11)6-5-13/h3-4H,5-8,13H2,1-2H3. The van der Waals surface area contributed by atoms with E-state index in [1.165, 1.54) is 16.1 Å². The van der Waals surface area contributed by atoms with Crippen LogP contribution < -0.4 is 15.4 Å². The van der Waals surface area contributed by atoms with Gasteiger partial charge in [-0.1, -0.05) is 6.07 Å². The molecule has 1 heterocycles. The molecule has 0 aromatic heterocycles. The van der Waals surface area contributed by atoms with Crippen LogP contribution in [0.2, 0.25) is 0 Å². The Balaban J connectivity index is 2.47. The fourth-order valence-corrected chi connectivity index (χ4v) is 3.23. The molecule has 0 atom stereocenters. The molecule has 1 aliphatic heterocycles. The molecule has 1 aliphatic rings. The summed E-state index contributed by atoms with van der Waals surface area (Å²) in [5.74, 6) is 2.09. The first-order chi connectivity index (χ1) is 7.77. The van der Waals surface area contributed by atoms with Crippen molar-refractivity contribution < 1.29 is 4.74 Å². The molecule has 0 saturated carbocycles. The summed E-state index contributed by atoms with van der Waals surface area (Å²) in [7, 11) is 1.73. The maximum atomic E-state index is 5.66. The van der Waals surface area contributed by atoms with Crippen LogP contribution in [0.1, 0.15) is 5.56 Å². The fraction of sp³-hybridized carbons (Fsp3) is 0.500. The smallest absolute Gasteiger partial charge is 0.143 e. The van der Waals surface area contributed by atoms with E-state index in [4.69, 9.17) is 10.5 Å². The van der Waals surface area contributed by atoms with Crippen molar-refractivity contribution in [1.82, 2.24) is 0 Å². The van der Waals surface area contributed by atoms with Crippen LogP contribution in [0.15, 0.2) is 17.0 Å². The summed E-state index contributed by atoms with van der Waals surface area (Å²) in [5.41, 5.74) is 8.20. The second-order valence-corrected chi connectivity index (χ2v) is 4.99. The Morgan fingerprint density at radius 1 is 1.50 bits per heavy atom. The number of nitrogens with zero attached hydrogens (tertiary/aromatic N) is 1. The second kappa shape index (κ2) is 4.97. The highest BCUT2D eigenvalue weighted by Gasteiger charge is 2.22. The zero-order valence-corrected chi connectivity index (χ0v) is 10.6. The largest absolute Gasteiger partial charge is 0.495 e. The van der Waals surface area contributed by atoms with Crippen LogP contribution >= 0.6 is 11.8 Å². The summed E-state index contributed by atoms with van der Waals surface area (Å²) in [6, 6.07) is 4.17. The Kier molecular flexibility index (Phi) is 3.61. The van der Waals surface area contributed by atoms with Gasteiger partial charge in [-0.25, -0.2) is 0 Å². The number of hydrogen-bond donors (Lipinski definition) is 1. The van der Waals surface area contributed by atoms with Crippen molar-refractivity contribution >= 4 is 17.4 Å². The number of nitrogens with two attached hydrogens (primary N) is 1. The minimum atomic E-state index is 0.682. The maximum Gasteiger partial charge on any atom is 0.143 e. The van der Waals surface area contributed by atoms with Crippen molar-refractivity contribution in [2.75, 3.05) is 37.4 Å². The number of aryl methyl sites for hydroxylation is 1. The molecule has 88 valence electrons. The number of rotatable bonds is 3. The molecular weight excluding hydrogens is 220 g/mol.